The third-order valence-electron chi connectivity index (χ3n) is 3.79. The molecule has 10 heteroatoms. The number of esters is 3. The average Bonchev–Trinajstić information content (AvgIpc) is 2.60. The normalized spacial score (nSPS) is 13.5. The lowest BCUT2D eigenvalue weighted by Crippen LogP contribution is -2.52. The maximum Gasteiger partial charge on any atom is 0.329 e. The molecule has 31 heavy (non-hydrogen) atoms. The van der Waals surface area contributed by atoms with Gasteiger partial charge in [-0.1, -0.05) is 0 Å². The lowest BCUT2D eigenvalue weighted by molar-refractivity contribution is -0.158. The van der Waals surface area contributed by atoms with Crippen molar-refractivity contribution in [3.63, 3.8) is 0 Å². The van der Waals surface area contributed by atoms with Crippen molar-refractivity contribution in [3.05, 3.63) is 0 Å². The summed E-state index contributed by atoms with van der Waals surface area (Å²) >= 11 is 0. The standard InChI is InChI=1S/C21H39N3O7/c1-20(2,3)30-16(25)12-11-15(18(27)31-21(4,5)6)24-19(28)23-14(17(26)29-7)10-8-9-13-22/h14-15H,8-13,22H2,1-7H3,(H2,23,24,28)/t14?,15-/m0/s1. The van der Waals surface area contributed by atoms with Crippen LogP contribution in [0.4, 0.5) is 4.79 Å². The molecule has 0 radical (unpaired) electrons. The first-order valence-electron chi connectivity index (χ1n) is 10.5. The van der Waals surface area contributed by atoms with Gasteiger partial charge < -0.3 is 30.6 Å². The third-order valence-corrected chi connectivity index (χ3v) is 3.79. The number of carbonyl (C=O) groups excluding carboxylic acids is 4. The lowest BCUT2D eigenvalue weighted by atomic mass is 10.1. The summed E-state index contributed by atoms with van der Waals surface area (Å²) in [7, 11) is 1.22. The van der Waals surface area contributed by atoms with E-state index in [0.29, 0.717) is 25.8 Å². The zero-order chi connectivity index (χ0) is 24.2. The van der Waals surface area contributed by atoms with Crippen LogP contribution < -0.4 is 16.4 Å². The van der Waals surface area contributed by atoms with E-state index < -0.39 is 47.2 Å². The van der Waals surface area contributed by atoms with Crippen LogP contribution in [0.1, 0.15) is 73.6 Å². The summed E-state index contributed by atoms with van der Waals surface area (Å²) in [6.07, 6.45) is 1.52. The second-order valence-corrected chi connectivity index (χ2v) is 9.19. The molecule has 0 rings (SSSR count). The number of hydrogen-bond acceptors (Lipinski definition) is 8. The minimum absolute atomic E-state index is 0.0205. The topological polar surface area (TPSA) is 146 Å². The minimum atomic E-state index is -1.10. The summed E-state index contributed by atoms with van der Waals surface area (Å²) in [4.78, 5) is 49.0. The first-order valence-corrected chi connectivity index (χ1v) is 10.5. The molecule has 0 saturated heterocycles. The first kappa shape index (κ1) is 28.6. The second kappa shape index (κ2) is 13.1. The van der Waals surface area contributed by atoms with Gasteiger partial charge in [-0.25, -0.2) is 14.4 Å². The maximum atomic E-state index is 12.6. The summed E-state index contributed by atoms with van der Waals surface area (Å²) in [5, 5.41) is 5.00. The van der Waals surface area contributed by atoms with Crippen molar-refractivity contribution in [2.24, 2.45) is 5.73 Å². The Balaban J connectivity index is 5.16. The van der Waals surface area contributed by atoms with Gasteiger partial charge in [0.15, 0.2) is 0 Å². The molecule has 180 valence electrons. The Hall–Kier alpha value is -2.36. The molecular formula is C21H39N3O7. The van der Waals surface area contributed by atoms with Gasteiger partial charge in [0, 0.05) is 6.42 Å². The predicted octanol–water partition coefficient (Wildman–Crippen LogP) is 1.79. The van der Waals surface area contributed by atoms with Gasteiger partial charge in [-0.15, -0.1) is 0 Å². The van der Waals surface area contributed by atoms with Gasteiger partial charge in [0.05, 0.1) is 7.11 Å². The summed E-state index contributed by atoms with van der Waals surface area (Å²) < 4.78 is 15.3. The van der Waals surface area contributed by atoms with Gasteiger partial charge in [-0.3, -0.25) is 4.79 Å². The lowest BCUT2D eigenvalue weighted by Gasteiger charge is -2.26. The van der Waals surface area contributed by atoms with Crippen LogP contribution in [0.5, 0.6) is 0 Å². The third kappa shape index (κ3) is 14.3. The van der Waals surface area contributed by atoms with E-state index in [4.69, 9.17) is 19.9 Å². The van der Waals surface area contributed by atoms with E-state index in [1.54, 1.807) is 41.5 Å². The Morgan fingerprint density at radius 1 is 0.806 bits per heavy atom. The van der Waals surface area contributed by atoms with Crippen LogP contribution in [0, 0.1) is 0 Å². The summed E-state index contributed by atoms with van der Waals surface area (Å²) in [5.74, 6) is -1.80. The fraction of sp³-hybridized carbons (Fsp3) is 0.810. The van der Waals surface area contributed by atoms with E-state index in [9.17, 15) is 19.2 Å². The minimum Gasteiger partial charge on any atom is -0.467 e. The molecule has 0 aliphatic carbocycles. The van der Waals surface area contributed by atoms with E-state index in [1.165, 1.54) is 7.11 Å². The van der Waals surface area contributed by atoms with Gasteiger partial charge in [0.25, 0.3) is 0 Å². The van der Waals surface area contributed by atoms with Gasteiger partial charge >= 0.3 is 23.9 Å². The number of ether oxygens (including phenoxy) is 3. The van der Waals surface area contributed by atoms with E-state index in [1.807, 2.05) is 0 Å². The molecule has 0 spiro atoms. The first-order chi connectivity index (χ1) is 14.2. The number of hydrogen-bond donors (Lipinski definition) is 3. The monoisotopic (exact) mass is 445 g/mol. The molecule has 1 unspecified atom stereocenters. The number of carbonyl (C=O) groups is 4. The number of methoxy groups -OCH3 is 1. The quantitative estimate of drug-likeness (QED) is 0.248. The summed E-state index contributed by atoms with van der Waals surface area (Å²) in [5.41, 5.74) is 4.02. The second-order valence-electron chi connectivity index (χ2n) is 9.19. The molecule has 10 nitrogen and oxygen atoms in total. The molecule has 0 aromatic carbocycles. The van der Waals surface area contributed by atoms with Crippen LogP contribution in [0.2, 0.25) is 0 Å². The highest BCUT2D eigenvalue weighted by Crippen LogP contribution is 2.13. The number of unbranched alkanes of at least 4 members (excludes halogenated alkanes) is 1. The largest absolute Gasteiger partial charge is 0.467 e. The van der Waals surface area contributed by atoms with Crippen molar-refractivity contribution < 1.29 is 33.4 Å². The Labute approximate surface area is 184 Å². The maximum absolute atomic E-state index is 12.6. The fourth-order valence-electron chi connectivity index (χ4n) is 2.52. The molecule has 0 saturated carbocycles. The zero-order valence-corrected chi connectivity index (χ0v) is 19.8. The molecule has 0 aromatic rings. The molecule has 0 aliphatic heterocycles. The Morgan fingerprint density at radius 2 is 1.32 bits per heavy atom. The summed E-state index contributed by atoms with van der Waals surface area (Å²) in [6, 6.07) is -2.74. The molecule has 2 atom stereocenters. The van der Waals surface area contributed by atoms with Gasteiger partial charge in [0.1, 0.15) is 23.3 Å². The van der Waals surface area contributed by atoms with E-state index in [2.05, 4.69) is 10.6 Å². The number of amides is 2. The highest BCUT2D eigenvalue weighted by molar-refractivity contribution is 5.87. The molecule has 0 bridgehead atoms. The number of urea groups is 1. The van der Waals surface area contributed by atoms with Crippen molar-refractivity contribution in [2.45, 2.75) is 96.9 Å². The Bertz CT molecular complexity index is 609. The smallest absolute Gasteiger partial charge is 0.329 e. The van der Waals surface area contributed by atoms with Crippen LogP contribution in [-0.4, -0.2) is 60.9 Å². The molecule has 0 aliphatic rings. The van der Waals surface area contributed by atoms with E-state index in [0.717, 1.165) is 0 Å². The van der Waals surface area contributed by atoms with Crippen LogP contribution in [-0.2, 0) is 28.6 Å². The Morgan fingerprint density at radius 3 is 1.77 bits per heavy atom. The Kier molecular flexibility index (Phi) is 12.1. The van der Waals surface area contributed by atoms with Crippen molar-refractivity contribution in [1.82, 2.24) is 10.6 Å². The van der Waals surface area contributed by atoms with Gasteiger partial charge in [-0.05, 0) is 73.8 Å². The summed E-state index contributed by atoms with van der Waals surface area (Å²) in [6.45, 7) is 10.8. The van der Waals surface area contributed by atoms with Gasteiger partial charge in [0.2, 0.25) is 0 Å². The van der Waals surface area contributed by atoms with Crippen LogP contribution in [0.25, 0.3) is 0 Å². The zero-order valence-electron chi connectivity index (χ0n) is 19.8. The van der Waals surface area contributed by atoms with Crippen molar-refractivity contribution in [3.8, 4) is 0 Å². The highest BCUT2D eigenvalue weighted by atomic mass is 16.6. The molecule has 4 N–H and O–H groups in total. The van der Waals surface area contributed by atoms with Crippen LogP contribution in [0.3, 0.4) is 0 Å². The van der Waals surface area contributed by atoms with Crippen molar-refractivity contribution >= 4 is 23.9 Å². The molecule has 0 aromatic heterocycles. The predicted molar refractivity (Wildman–Crippen MR) is 115 cm³/mol. The molecule has 0 fully saturated rings. The number of nitrogens with one attached hydrogen (secondary N) is 2. The average molecular weight is 446 g/mol. The SMILES string of the molecule is COC(=O)C(CCCCN)NC(=O)N[C@@H](CCC(=O)OC(C)(C)C)C(=O)OC(C)(C)C. The van der Waals surface area contributed by atoms with Crippen molar-refractivity contribution in [1.29, 1.82) is 0 Å². The van der Waals surface area contributed by atoms with Crippen LogP contribution >= 0.6 is 0 Å². The molecule has 2 amide bonds. The van der Waals surface area contributed by atoms with E-state index in [-0.39, 0.29) is 12.8 Å². The number of nitrogens with two attached hydrogens (primary N) is 1. The molecule has 0 heterocycles. The fourth-order valence-corrected chi connectivity index (χ4v) is 2.52. The highest BCUT2D eigenvalue weighted by Gasteiger charge is 2.30. The van der Waals surface area contributed by atoms with Gasteiger partial charge in [-0.2, -0.15) is 0 Å². The van der Waals surface area contributed by atoms with Crippen molar-refractivity contribution in [2.75, 3.05) is 13.7 Å². The van der Waals surface area contributed by atoms with Crippen LogP contribution in [0.15, 0.2) is 0 Å². The number of rotatable bonds is 11. The molecular weight excluding hydrogens is 406 g/mol. The van der Waals surface area contributed by atoms with E-state index >= 15 is 0 Å².